The minimum absolute atomic E-state index is 0.148. The number of rotatable bonds is 4. The Bertz CT molecular complexity index is 684. The van der Waals surface area contributed by atoms with Gasteiger partial charge in [0.05, 0.1) is 12.4 Å². The van der Waals surface area contributed by atoms with Crippen molar-refractivity contribution in [2.75, 3.05) is 44.2 Å². The summed E-state index contributed by atoms with van der Waals surface area (Å²) in [5, 5.41) is 19.5. The number of anilines is 1. The van der Waals surface area contributed by atoms with Crippen LogP contribution in [-0.4, -0.2) is 80.5 Å². The Labute approximate surface area is 140 Å². The second-order valence-electron chi connectivity index (χ2n) is 6.94. The second kappa shape index (κ2) is 6.62. The van der Waals surface area contributed by atoms with Crippen LogP contribution in [0.1, 0.15) is 12.8 Å². The normalized spacial score (nSPS) is 26.5. The highest BCUT2D eigenvalue weighted by atomic mass is 16.3. The van der Waals surface area contributed by atoms with Crippen LogP contribution < -0.4 is 4.90 Å². The number of aromatic nitrogens is 4. The number of hydrogen-bond acceptors (Lipinski definition) is 7. The van der Waals surface area contributed by atoms with Crippen LogP contribution in [0, 0.1) is 11.8 Å². The van der Waals surface area contributed by atoms with Gasteiger partial charge in [-0.1, -0.05) is 0 Å². The average molecular weight is 332 g/mol. The molecule has 0 amide bonds. The lowest BCUT2D eigenvalue weighted by molar-refractivity contribution is 0.0687. The van der Waals surface area contributed by atoms with E-state index in [0.29, 0.717) is 11.6 Å². The summed E-state index contributed by atoms with van der Waals surface area (Å²) < 4.78 is 0. The molecular weight excluding hydrogens is 308 g/mol. The number of aromatic amines is 1. The van der Waals surface area contributed by atoms with E-state index in [4.69, 9.17) is 0 Å². The Kier molecular flexibility index (Phi) is 4.34. The molecule has 4 heterocycles. The van der Waals surface area contributed by atoms with Crippen molar-refractivity contribution < 1.29 is 10.2 Å². The van der Waals surface area contributed by atoms with Gasteiger partial charge in [-0.15, -0.1) is 0 Å². The van der Waals surface area contributed by atoms with E-state index in [-0.39, 0.29) is 18.6 Å². The van der Waals surface area contributed by atoms with E-state index in [0.717, 1.165) is 56.9 Å². The van der Waals surface area contributed by atoms with Gasteiger partial charge in [0.15, 0.2) is 11.5 Å². The Morgan fingerprint density at radius 1 is 1.12 bits per heavy atom. The average Bonchev–Trinajstić information content (AvgIpc) is 3.23. The molecule has 2 fully saturated rings. The number of piperidine rings is 1. The molecule has 0 spiro atoms. The van der Waals surface area contributed by atoms with E-state index < -0.39 is 0 Å². The van der Waals surface area contributed by atoms with Crippen LogP contribution in [0.15, 0.2) is 12.7 Å². The molecule has 0 aliphatic carbocycles. The second-order valence-corrected chi connectivity index (χ2v) is 6.94. The molecule has 2 atom stereocenters. The maximum Gasteiger partial charge on any atom is 0.182 e. The molecule has 8 nitrogen and oxygen atoms in total. The Balaban J connectivity index is 1.48. The van der Waals surface area contributed by atoms with Gasteiger partial charge in [-0.3, -0.25) is 0 Å². The van der Waals surface area contributed by atoms with E-state index in [1.165, 1.54) is 0 Å². The van der Waals surface area contributed by atoms with Crippen LogP contribution in [0.3, 0.4) is 0 Å². The third-order valence-corrected chi connectivity index (χ3v) is 5.36. The minimum atomic E-state index is -0.148. The number of aliphatic hydroxyl groups is 2. The number of aliphatic hydroxyl groups excluding tert-OH is 2. The van der Waals surface area contributed by atoms with Gasteiger partial charge in [-0.05, 0) is 18.8 Å². The maximum atomic E-state index is 9.81. The van der Waals surface area contributed by atoms with Crippen LogP contribution in [-0.2, 0) is 0 Å². The van der Waals surface area contributed by atoms with E-state index in [9.17, 15) is 10.2 Å². The first-order chi connectivity index (χ1) is 11.7. The van der Waals surface area contributed by atoms with Crippen molar-refractivity contribution >= 4 is 17.0 Å². The molecule has 24 heavy (non-hydrogen) atoms. The summed E-state index contributed by atoms with van der Waals surface area (Å²) in [5.41, 5.74) is 1.53. The SMILES string of the molecule is OC[C@H]1CN(c2ncnc3nc[nH]c23)C[C@H]1CN1CCC(O)CC1. The van der Waals surface area contributed by atoms with E-state index >= 15 is 0 Å². The van der Waals surface area contributed by atoms with E-state index in [1.807, 2.05) is 0 Å². The summed E-state index contributed by atoms with van der Waals surface area (Å²) >= 11 is 0. The van der Waals surface area contributed by atoms with Crippen molar-refractivity contribution in [3.05, 3.63) is 12.7 Å². The fourth-order valence-corrected chi connectivity index (χ4v) is 3.95. The fraction of sp³-hybridized carbons (Fsp3) is 0.688. The van der Waals surface area contributed by atoms with Crippen molar-refractivity contribution in [2.45, 2.75) is 18.9 Å². The highest BCUT2D eigenvalue weighted by Gasteiger charge is 2.35. The van der Waals surface area contributed by atoms with Crippen LogP contribution in [0.2, 0.25) is 0 Å². The van der Waals surface area contributed by atoms with Gasteiger partial charge in [0.2, 0.25) is 0 Å². The molecule has 2 saturated heterocycles. The molecular formula is C16H24N6O2. The Hall–Kier alpha value is -1.77. The number of nitrogens with zero attached hydrogens (tertiary/aromatic N) is 5. The zero-order chi connectivity index (χ0) is 16.5. The van der Waals surface area contributed by atoms with E-state index in [2.05, 4.69) is 29.7 Å². The predicted molar refractivity (Wildman–Crippen MR) is 89.6 cm³/mol. The summed E-state index contributed by atoms with van der Waals surface area (Å²) in [6.45, 7) is 4.70. The summed E-state index contributed by atoms with van der Waals surface area (Å²) in [4.78, 5) is 20.6. The van der Waals surface area contributed by atoms with Crippen molar-refractivity contribution in [3.63, 3.8) is 0 Å². The number of imidazole rings is 1. The van der Waals surface area contributed by atoms with Gasteiger partial charge in [-0.2, -0.15) is 0 Å². The van der Waals surface area contributed by atoms with Gasteiger partial charge >= 0.3 is 0 Å². The first kappa shape index (κ1) is 15.7. The minimum Gasteiger partial charge on any atom is -0.396 e. The third-order valence-electron chi connectivity index (χ3n) is 5.36. The number of nitrogens with one attached hydrogen (secondary N) is 1. The van der Waals surface area contributed by atoms with Crippen molar-refractivity contribution in [1.82, 2.24) is 24.8 Å². The zero-order valence-corrected chi connectivity index (χ0v) is 13.7. The molecule has 2 aromatic heterocycles. The van der Waals surface area contributed by atoms with Crippen molar-refractivity contribution in [1.29, 1.82) is 0 Å². The molecule has 3 N–H and O–H groups in total. The van der Waals surface area contributed by atoms with Crippen molar-refractivity contribution in [3.8, 4) is 0 Å². The topological polar surface area (TPSA) is 101 Å². The number of H-pyrrole nitrogens is 1. The lowest BCUT2D eigenvalue weighted by atomic mass is 9.95. The Morgan fingerprint density at radius 3 is 2.71 bits per heavy atom. The third kappa shape index (κ3) is 2.97. The molecule has 130 valence electrons. The number of fused-ring (bicyclic) bond motifs is 1. The molecule has 8 heteroatoms. The van der Waals surface area contributed by atoms with Crippen LogP contribution in [0.5, 0.6) is 0 Å². The van der Waals surface area contributed by atoms with Gasteiger partial charge in [0, 0.05) is 45.2 Å². The quantitative estimate of drug-likeness (QED) is 0.716. The monoisotopic (exact) mass is 332 g/mol. The van der Waals surface area contributed by atoms with Crippen LogP contribution in [0.4, 0.5) is 5.82 Å². The molecule has 2 aliphatic rings. The van der Waals surface area contributed by atoms with Crippen LogP contribution >= 0.6 is 0 Å². The predicted octanol–water partition coefficient (Wildman–Crippen LogP) is -0.146. The van der Waals surface area contributed by atoms with Gasteiger partial charge < -0.3 is 25.0 Å². The summed E-state index contributed by atoms with van der Waals surface area (Å²) in [7, 11) is 0. The van der Waals surface area contributed by atoms with Crippen molar-refractivity contribution in [2.24, 2.45) is 11.8 Å². The number of hydrogen-bond donors (Lipinski definition) is 3. The van der Waals surface area contributed by atoms with Gasteiger partial charge in [0.1, 0.15) is 11.8 Å². The molecule has 2 aromatic rings. The number of likely N-dealkylation sites (tertiary alicyclic amines) is 1. The zero-order valence-electron chi connectivity index (χ0n) is 13.7. The standard InChI is InChI=1S/C16H24N6O2/c23-8-12-7-22(16-14-15(18-9-17-14)19-10-20-16)6-11(12)5-21-3-1-13(24)2-4-21/h9-13,23-24H,1-8H2,(H,17,18,19,20)/t11-,12-/m1/s1. The molecule has 0 bridgehead atoms. The Morgan fingerprint density at radius 2 is 1.92 bits per heavy atom. The largest absolute Gasteiger partial charge is 0.396 e. The molecule has 0 saturated carbocycles. The summed E-state index contributed by atoms with van der Waals surface area (Å²) in [6.07, 6.45) is 4.73. The molecule has 0 unspecified atom stereocenters. The van der Waals surface area contributed by atoms with Crippen LogP contribution in [0.25, 0.3) is 11.2 Å². The highest BCUT2D eigenvalue weighted by Crippen LogP contribution is 2.30. The molecule has 2 aliphatic heterocycles. The smallest absolute Gasteiger partial charge is 0.182 e. The fourth-order valence-electron chi connectivity index (χ4n) is 3.95. The lowest BCUT2D eigenvalue weighted by Crippen LogP contribution is -2.40. The highest BCUT2D eigenvalue weighted by molar-refractivity contribution is 5.82. The first-order valence-corrected chi connectivity index (χ1v) is 8.65. The first-order valence-electron chi connectivity index (χ1n) is 8.65. The maximum absolute atomic E-state index is 9.81. The summed E-state index contributed by atoms with van der Waals surface area (Å²) in [5.74, 6) is 1.51. The van der Waals surface area contributed by atoms with E-state index in [1.54, 1.807) is 12.7 Å². The van der Waals surface area contributed by atoms with Gasteiger partial charge in [-0.25, -0.2) is 15.0 Å². The molecule has 0 radical (unpaired) electrons. The van der Waals surface area contributed by atoms with Gasteiger partial charge in [0.25, 0.3) is 0 Å². The molecule has 0 aromatic carbocycles. The summed E-state index contributed by atoms with van der Waals surface area (Å²) in [6, 6.07) is 0. The lowest BCUT2D eigenvalue weighted by Gasteiger charge is -2.32. The molecule has 4 rings (SSSR count).